The van der Waals surface area contributed by atoms with Crippen molar-refractivity contribution in [2.24, 2.45) is 0 Å². The third-order valence-electron chi connectivity index (χ3n) is 1.86. The van der Waals surface area contributed by atoms with Gasteiger partial charge in [-0.2, -0.15) is 0 Å². The Bertz CT molecular complexity index is 485. The van der Waals surface area contributed by atoms with E-state index in [0.29, 0.717) is 13.7 Å². The molecule has 0 fully saturated rings. The van der Waals surface area contributed by atoms with Crippen molar-refractivity contribution in [2.75, 3.05) is 0 Å². The van der Waals surface area contributed by atoms with Crippen LogP contribution in [-0.4, -0.2) is 17.2 Å². The summed E-state index contributed by atoms with van der Waals surface area (Å²) in [5, 5.41) is 18.3. The number of hydrogen-bond acceptors (Lipinski definition) is 3. The van der Waals surface area contributed by atoms with Gasteiger partial charge in [-0.3, -0.25) is 0 Å². The summed E-state index contributed by atoms with van der Waals surface area (Å²) < 4.78 is 15.1. The lowest BCUT2D eigenvalue weighted by atomic mass is 9.89. The average molecular weight is 322 g/mol. The Balaban J connectivity index is 2.71. The van der Waals surface area contributed by atoms with Crippen LogP contribution in [0, 0.1) is 9.39 Å². The molecule has 0 bridgehead atoms. The van der Waals surface area contributed by atoms with Crippen LogP contribution in [0.25, 0.3) is 10.1 Å². The predicted octanol–water partition coefficient (Wildman–Crippen LogP) is 1.32. The smallest absolute Gasteiger partial charge is 0.423 e. The van der Waals surface area contributed by atoms with Gasteiger partial charge in [0.2, 0.25) is 0 Å². The van der Waals surface area contributed by atoms with Crippen LogP contribution in [0.5, 0.6) is 0 Å². The van der Waals surface area contributed by atoms with Crippen molar-refractivity contribution in [3.8, 4) is 0 Å². The minimum absolute atomic E-state index is 0.300. The number of fused-ring (bicyclic) bond motifs is 1. The van der Waals surface area contributed by atoms with Crippen molar-refractivity contribution in [1.82, 2.24) is 0 Å². The number of rotatable bonds is 1. The monoisotopic (exact) mass is 322 g/mol. The van der Waals surface area contributed by atoms with E-state index in [1.54, 1.807) is 12.1 Å². The molecule has 2 rings (SSSR count). The molecule has 0 spiro atoms. The number of thiophene rings is 1. The average Bonchev–Trinajstić information content (AvgIpc) is 2.56. The predicted molar refractivity (Wildman–Crippen MR) is 64.3 cm³/mol. The zero-order valence-electron chi connectivity index (χ0n) is 6.87. The molecule has 1 aromatic carbocycles. The summed E-state index contributed by atoms with van der Waals surface area (Å²) in [6.07, 6.45) is 0. The van der Waals surface area contributed by atoms with E-state index < -0.39 is 7.12 Å². The van der Waals surface area contributed by atoms with E-state index in [1.807, 2.05) is 22.6 Å². The van der Waals surface area contributed by atoms with Gasteiger partial charge in [0.15, 0.2) is 0 Å². The molecular weight excluding hydrogens is 317 g/mol. The van der Waals surface area contributed by atoms with Crippen LogP contribution in [0.1, 0.15) is 0 Å². The van der Waals surface area contributed by atoms with E-state index in [4.69, 9.17) is 10.0 Å². The molecule has 6 heteroatoms. The summed E-state index contributed by atoms with van der Waals surface area (Å²) in [7, 11) is -1.52. The van der Waals surface area contributed by atoms with Gasteiger partial charge in [-0.15, -0.1) is 11.3 Å². The van der Waals surface area contributed by atoms with Gasteiger partial charge < -0.3 is 10.0 Å². The van der Waals surface area contributed by atoms with Crippen LogP contribution in [-0.2, 0) is 0 Å². The van der Waals surface area contributed by atoms with Gasteiger partial charge in [-0.25, -0.2) is 4.39 Å². The molecular formula is C8H5BFIO2S. The first-order valence-electron chi connectivity index (χ1n) is 3.83. The van der Waals surface area contributed by atoms with E-state index >= 15 is 0 Å². The quantitative estimate of drug-likeness (QED) is 0.614. The highest BCUT2D eigenvalue weighted by molar-refractivity contribution is 14.1. The summed E-state index contributed by atoms with van der Waals surface area (Å²) in [5.41, 5.74) is 0. The van der Waals surface area contributed by atoms with Crippen molar-refractivity contribution in [2.45, 2.75) is 0 Å². The SMILES string of the molecule is OB(O)c1cc2c(F)c(I)ccc2s1. The van der Waals surface area contributed by atoms with E-state index in [0.717, 1.165) is 4.70 Å². The molecule has 14 heavy (non-hydrogen) atoms. The van der Waals surface area contributed by atoms with Gasteiger partial charge in [-0.1, -0.05) is 0 Å². The van der Waals surface area contributed by atoms with E-state index in [-0.39, 0.29) is 5.82 Å². The number of hydrogen-bond donors (Lipinski definition) is 2. The first-order valence-corrected chi connectivity index (χ1v) is 5.72. The summed E-state index contributed by atoms with van der Waals surface area (Å²) >= 11 is 3.09. The molecule has 0 saturated carbocycles. The van der Waals surface area contributed by atoms with Crippen molar-refractivity contribution in [1.29, 1.82) is 0 Å². The summed E-state index contributed by atoms with van der Waals surface area (Å²) in [6.45, 7) is 0. The number of benzene rings is 1. The van der Waals surface area contributed by atoms with Gasteiger partial charge in [0, 0.05) is 18.4 Å². The second-order valence-electron chi connectivity index (χ2n) is 2.80. The topological polar surface area (TPSA) is 40.5 Å². The van der Waals surface area contributed by atoms with Gasteiger partial charge >= 0.3 is 7.12 Å². The Hall–Kier alpha value is -0.175. The fraction of sp³-hybridized carbons (Fsp3) is 0. The summed E-state index contributed by atoms with van der Waals surface area (Å²) in [4.78, 5) is 0. The van der Waals surface area contributed by atoms with Gasteiger partial charge in [0.25, 0.3) is 0 Å². The molecule has 2 N–H and O–H groups in total. The fourth-order valence-electron chi connectivity index (χ4n) is 1.20. The van der Waals surface area contributed by atoms with Gasteiger partial charge in [0.1, 0.15) is 5.82 Å². The van der Waals surface area contributed by atoms with Gasteiger partial charge in [-0.05, 0) is 40.8 Å². The highest BCUT2D eigenvalue weighted by Crippen LogP contribution is 2.25. The Morgan fingerprint density at radius 2 is 2.07 bits per heavy atom. The largest absolute Gasteiger partial charge is 0.499 e. The minimum atomic E-state index is -1.52. The van der Waals surface area contributed by atoms with Crippen LogP contribution < -0.4 is 4.78 Å². The zero-order valence-corrected chi connectivity index (χ0v) is 9.84. The second-order valence-corrected chi connectivity index (χ2v) is 5.07. The molecule has 0 radical (unpaired) electrons. The summed E-state index contributed by atoms with van der Waals surface area (Å²) in [5.74, 6) is -0.300. The van der Waals surface area contributed by atoms with Crippen molar-refractivity contribution >= 4 is 55.9 Å². The highest BCUT2D eigenvalue weighted by atomic mass is 127. The maximum absolute atomic E-state index is 13.5. The lowest BCUT2D eigenvalue weighted by molar-refractivity contribution is 0.427. The Morgan fingerprint density at radius 3 is 2.71 bits per heavy atom. The van der Waals surface area contributed by atoms with E-state index in [9.17, 15) is 4.39 Å². The van der Waals surface area contributed by atoms with Crippen molar-refractivity contribution < 1.29 is 14.4 Å². The molecule has 72 valence electrons. The molecule has 0 aliphatic rings. The lowest BCUT2D eigenvalue weighted by Crippen LogP contribution is -2.26. The fourth-order valence-corrected chi connectivity index (χ4v) is 2.60. The molecule has 1 heterocycles. The van der Waals surface area contributed by atoms with Crippen LogP contribution in [0.3, 0.4) is 0 Å². The molecule has 0 aliphatic heterocycles. The Morgan fingerprint density at radius 1 is 1.36 bits per heavy atom. The van der Waals surface area contributed by atoms with Crippen molar-refractivity contribution in [3.63, 3.8) is 0 Å². The van der Waals surface area contributed by atoms with Crippen molar-refractivity contribution in [3.05, 3.63) is 27.6 Å². The molecule has 0 aliphatic carbocycles. The normalized spacial score (nSPS) is 10.9. The Labute approximate surface area is 97.7 Å². The minimum Gasteiger partial charge on any atom is -0.423 e. The molecule has 0 unspecified atom stereocenters. The molecule has 2 aromatic rings. The van der Waals surface area contributed by atoms with Gasteiger partial charge in [0.05, 0.1) is 0 Å². The van der Waals surface area contributed by atoms with E-state index in [2.05, 4.69) is 0 Å². The third-order valence-corrected chi connectivity index (χ3v) is 3.83. The summed E-state index contributed by atoms with van der Waals surface area (Å²) in [6, 6.07) is 4.92. The van der Waals surface area contributed by atoms with Crippen LogP contribution >= 0.6 is 33.9 Å². The van der Waals surface area contributed by atoms with Crippen LogP contribution in [0.2, 0.25) is 0 Å². The molecule has 0 atom stereocenters. The highest BCUT2D eigenvalue weighted by Gasteiger charge is 2.16. The van der Waals surface area contributed by atoms with Crippen LogP contribution in [0.4, 0.5) is 4.39 Å². The molecule has 0 amide bonds. The standard InChI is InChI=1S/C8H5BFIO2S/c10-8-4-3-7(9(12)13)14-6(4)2-1-5(8)11/h1-3,12-13H. The third kappa shape index (κ3) is 1.67. The number of halogens is 2. The van der Waals surface area contributed by atoms with Crippen LogP contribution in [0.15, 0.2) is 18.2 Å². The zero-order chi connectivity index (χ0) is 10.3. The second kappa shape index (κ2) is 3.76. The molecule has 0 saturated heterocycles. The first kappa shape index (κ1) is 10.3. The maximum Gasteiger partial charge on any atom is 0.499 e. The lowest BCUT2D eigenvalue weighted by Gasteiger charge is -1.94. The molecule has 2 nitrogen and oxygen atoms in total. The Kier molecular flexibility index (Phi) is 2.78. The van der Waals surface area contributed by atoms with E-state index in [1.165, 1.54) is 17.4 Å². The molecule has 1 aromatic heterocycles. The maximum atomic E-state index is 13.5. The first-order chi connectivity index (χ1) is 6.59.